The fourth-order valence-corrected chi connectivity index (χ4v) is 3.69. The van der Waals surface area contributed by atoms with Gasteiger partial charge >= 0.3 is 0 Å². The normalized spacial score (nSPS) is 20.9. The van der Waals surface area contributed by atoms with Gasteiger partial charge in [-0.05, 0) is 43.0 Å². The molecule has 1 heterocycles. The summed E-state index contributed by atoms with van der Waals surface area (Å²) < 4.78 is 11.3. The van der Waals surface area contributed by atoms with Crippen LogP contribution in [0.15, 0.2) is 17.3 Å². The number of anilines is 1. The maximum Gasteiger partial charge on any atom is 0.182 e. The Labute approximate surface area is 162 Å². The van der Waals surface area contributed by atoms with E-state index in [9.17, 15) is 19.3 Å². The number of nitrogens with zero attached hydrogens (tertiary/aromatic N) is 1. The predicted octanol–water partition coefficient (Wildman–Crippen LogP) is 2.87. The van der Waals surface area contributed by atoms with Crippen molar-refractivity contribution in [3.05, 3.63) is 28.2 Å². The lowest BCUT2D eigenvalue weighted by molar-refractivity contribution is -0.133. The van der Waals surface area contributed by atoms with Crippen LogP contribution in [0.25, 0.3) is 0 Å². The minimum atomic E-state index is -1.31. The van der Waals surface area contributed by atoms with E-state index in [0.717, 1.165) is 19.3 Å². The van der Waals surface area contributed by atoms with Crippen LogP contribution in [-0.2, 0) is 25.7 Å². The summed E-state index contributed by atoms with van der Waals surface area (Å²) in [5.74, 6) is -2.70. The van der Waals surface area contributed by atoms with E-state index in [-0.39, 0.29) is 59.6 Å². The molecule has 150 valence electrons. The highest BCUT2D eigenvalue weighted by atomic mass is 16.5. The van der Waals surface area contributed by atoms with Crippen LogP contribution in [0, 0.1) is 10.8 Å². The summed E-state index contributed by atoms with van der Waals surface area (Å²) in [6.07, 6.45) is 3.87. The van der Waals surface area contributed by atoms with Gasteiger partial charge in [0.1, 0.15) is 11.6 Å². The van der Waals surface area contributed by atoms with E-state index in [4.69, 9.17) is 15.2 Å². The number of Topliss-reactive ketones (excluding diaryl/α,β-unsaturated/α-hetero) is 3. The summed E-state index contributed by atoms with van der Waals surface area (Å²) in [6, 6.07) is 2.71. The summed E-state index contributed by atoms with van der Waals surface area (Å²) in [5, 5.41) is 2.95. The van der Waals surface area contributed by atoms with E-state index in [1.54, 1.807) is 0 Å². The highest BCUT2D eigenvalue weighted by Crippen LogP contribution is 2.32. The minimum Gasteiger partial charge on any atom is -0.398 e. The zero-order chi connectivity index (χ0) is 20.1. The summed E-state index contributed by atoms with van der Waals surface area (Å²) in [4.78, 5) is 48.2. The van der Waals surface area contributed by atoms with Gasteiger partial charge in [-0.25, -0.2) is 0 Å². The van der Waals surface area contributed by atoms with Crippen molar-refractivity contribution in [3.8, 4) is 0 Å². The second-order valence-electron chi connectivity index (χ2n) is 7.20. The molecule has 3 rings (SSSR count). The molecule has 1 aromatic rings. The summed E-state index contributed by atoms with van der Waals surface area (Å²) in [5.41, 5.74) is 6.55. The molecular weight excluding hydrogens is 364 g/mol. The number of benzene rings is 1. The molecule has 1 atom stereocenters. The first kappa shape index (κ1) is 20.3. The Balaban J connectivity index is 1.78. The molecule has 2 aliphatic rings. The zero-order valence-electron chi connectivity index (χ0n) is 15.6. The largest absolute Gasteiger partial charge is 0.398 e. The number of hydrogen-bond donors (Lipinski definition) is 1. The van der Waals surface area contributed by atoms with Gasteiger partial charge in [-0.1, -0.05) is 0 Å². The molecule has 2 fully saturated rings. The highest BCUT2D eigenvalue weighted by molar-refractivity contribution is 6.26. The molecule has 28 heavy (non-hydrogen) atoms. The van der Waals surface area contributed by atoms with Gasteiger partial charge < -0.3 is 15.2 Å². The number of carbonyl (C=O) groups is 3. The van der Waals surface area contributed by atoms with Crippen LogP contribution >= 0.6 is 0 Å². The predicted molar refractivity (Wildman–Crippen MR) is 101 cm³/mol. The second kappa shape index (κ2) is 9.16. The third-order valence-electron chi connectivity index (χ3n) is 5.27. The van der Waals surface area contributed by atoms with Crippen molar-refractivity contribution in [2.75, 3.05) is 18.9 Å². The van der Waals surface area contributed by atoms with Gasteiger partial charge in [0.25, 0.3) is 0 Å². The van der Waals surface area contributed by atoms with Gasteiger partial charge in [0.2, 0.25) is 0 Å². The van der Waals surface area contributed by atoms with Crippen LogP contribution in [0.1, 0.15) is 54.4 Å². The topological polar surface area (TPSA) is 125 Å². The van der Waals surface area contributed by atoms with E-state index in [0.29, 0.717) is 19.6 Å². The molecule has 1 aliphatic heterocycles. The van der Waals surface area contributed by atoms with Crippen molar-refractivity contribution in [1.82, 2.24) is 0 Å². The van der Waals surface area contributed by atoms with Crippen LogP contribution in [0.5, 0.6) is 0 Å². The lowest BCUT2D eigenvalue weighted by Crippen LogP contribution is -2.35. The standard InChI is InChI=1S/C20H24N2O6/c21-19-13(20(25)18-16(23)5-3-6-17(18)24)7-8-15(22-26)14(19)11-27-10-12-4-1-2-9-28-12/h7-8,12,18H,1-6,9-11,21H2. The Hall–Kier alpha value is -2.45. The number of ether oxygens (including phenoxy) is 2. The van der Waals surface area contributed by atoms with E-state index in [1.165, 1.54) is 12.1 Å². The van der Waals surface area contributed by atoms with Gasteiger partial charge in [-0.2, -0.15) is 0 Å². The summed E-state index contributed by atoms with van der Waals surface area (Å²) >= 11 is 0. The monoisotopic (exact) mass is 388 g/mol. The Morgan fingerprint density at radius 3 is 2.57 bits per heavy atom. The van der Waals surface area contributed by atoms with Crippen molar-refractivity contribution in [1.29, 1.82) is 0 Å². The molecule has 8 nitrogen and oxygen atoms in total. The maximum absolute atomic E-state index is 12.8. The van der Waals surface area contributed by atoms with Crippen LogP contribution in [0.3, 0.4) is 0 Å². The van der Waals surface area contributed by atoms with Crippen LogP contribution in [0.2, 0.25) is 0 Å². The van der Waals surface area contributed by atoms with Crippen molar-refractivity contribution >= 4 is 28.7 Å². The SMILES string of the molecule is Nc1c(C(=O)C2C(=O)CCCC2=O)ccc(N=O)c1COCC1CCCCO1. The Kier molecular flexibility index (Phi) is 6.64. The lowest BCUT2D eigenvalue weighted by atomic mass is 9.81. The van der Waals surface area contributed by atoms with Crippen LogP contribution < -0.4 is 5.73 Å². The second-order valence-corrected chi connectivity index (χ2v) is 7.20. The Morgan fingerprint density at radius 1 is 1.18 bits per heavy atom. The highest BCUT2D eigenvalue weighted by Gasteiger charge is 2.37. The number of nitrogen functional groups attached to an aromatic ring is 1. The maximum atomic E-state index is 12.8. The van der Waals surface area contributed by atoms with E-state index in [2.05, 4.69) is 5.18 Å². The molecule has 0 bridgehead atoms. The molecule has 1 saturated carbocycles. The van der Waals surface area contributed by atoms with Crippen molar-refractivity contribution in [2.24, 2.45) is 11.1 Å². The fourth-order valence-electron chi connectivity index (χ4n) is 3.69. The molecule has 1 saturated heterocycles. The average Bonchev–Trinajstić information content (AvgIpc) is 2.69. The molecule has 1 unspecified atom stereocenters. The first-order valence-electron chi connectivity index (χ1n) is 9.56. The third-order valence-corrected chi connectivity index (χ3v) is 5.27. The van der Waals surface area contributed by atoms with Gasteiger partial charge in [-0.3, -0.25) is 14.4 Å². The van der Waals surface area contributed by atoms with E-state index >= 15 is 0 Å². The Bertz CT molecular complexity index is 769. The van der Waals surface area contributed by atoms with Gasteiger partial charge in [-0.15, -0.1) is 4.91 Å². The van der Waals surface area contributed by atoms with E-state index < -0.39 is 11.7 Å². The average molecular weight is 388 g/mol. The number of rotatable bonds is 7. The first-order valence-corrected chi connectivity index (χ1v) is 9.56. The number of nitroso groups, excluding NO2 is 1. The third kappa shape index (κ3) is 4.34. The number of ketones is 3. The molecular formula is C20H24N2O6. The molecule has 8 heteroatoms. The first-order chi connectivity index (χ1) is 13.5. The molecule has 0 spiro atoms. The lowest BCUT2D eigenvalue weighted by Gasteiger charge is -2.23. The molecule has 2 N–H and O–H groups in total. The number of carbonyl (C=O) groups excluding carboxylic acids is 3. The van der Waals surface area contributed by atoms with Crippen molar-refractivity contribution in [2.45, 2.75) is 51.2 Å². The minimum absolute atomic E-state index is 0.00934. The van der Waals surface area contributed by atoms with Crippen molar-refractivity contribution in [3.63, 3.8) is 0 Å². The van der Waals surface area contributed by atoms with Gasteiger partial charge in [0.05, 0.1) is 25.0 Å². The van der Waals surface area contributed by atoms with Gasteiger partial charge in [0.15, 0.2) is 17.3 Å². The quantitative estimate of drug-likeness (QED) is 0.329. The number of nitrogens with two attached hydrogens (primary N) is 1. The Morgan fingerprint density at radius 2 is 1.93 bits per heavy atom. The van der Waals surface area contributed by atoms with Crippen LogP contribution in [-0.4, -0.2) is 36.7 Å². The van der Waals surface area contributed by atoms with Crippen LogP contribution in [0.4, 0.5) is 11.4 Å². The van der Waals surface area contributed by atoms with E-state index in [1.807, 2.05) is 0 Å². The molecule has 0 radical (unpaired) electrons. The zero-order valence-corrected chi connectivity index (χ0v) is 15.6. The molecule has 0 aromatic heterocycles. The molecule has 1 aromatic carbocycles. The number of hydrogen-bond acceptors (Lipinski definition) is 8. The fraction of sp³-hybridized carbons (Fsp3) is 0.550. The molecule has 1 aliphatic carbocycles. The summed E-state index contributed by atoms with van der Waals surface area (Å²) in [7, 11) is 0. The molecule has 0 amide bonds. The van der Waals surface area contributed by atoms with Crippen molar-refractivity contribution < 1.29 is 23.9 Å². The summed E-state index contributed by atoms with van der Waals surface area (Å²) in [6.45, 7) is 1.03. The smallest absolute Gasteiger partial charge is 0.182 e. The van der Waals surface area contributed by atoms with Gasteiger partial charge in [0, 0.05) is 30.6 Å².